The molecule has 1 amide bonds. The number of anilines is 1. The third-order valence-corrected chi connectivity index (χ3v) is 7.45. The molecular formula is C18H27N3O6S2. The number of benzene rings is 1. The Balaban J connectivity index is 2.15. The number of carbonyl (C=O) groups is 2. The molecule has 162 valence electrons. The molecule has 0 aromatic heterocycles. The first-order valence-electron chi connectivity index (χ1n) is 8.98. The first-order valence-corrected chi connectivity index (χ1v) is 11.6. The van der Waals surface area contributed by atoms with E-state index in [-0.39, 0.29) is 41.5 Å². The normalized spacial score (nSPS) is 17.8. The van der Waals surface area contributed by atoms with E-state index in [1.807, 2.05) is 4.90 Å². The molecule has 9 nitrogen and oxygen atoms in total. The van der Waals surface area contributed by atoms with Gasteiger partial charge in [-0.05, 0) is 18.2 Å². The summed E-state index contributed by atoms with van der Waals surface area (Å²) in [7, 11) is 2.01. The number of esters is 1. The summed E-state index contributed by atoms with van der Waals surface area (Å²) in [4.78, 5) is 26.3. The molecule has 2 rings (SSSR count). The second-order valence-electron chi connectivity index (χ2n) is 6.68. The van der Waals surface area contributed by atoms with E-state index in [0.717, 1.165) is 15.8 Å². The molecule has 1 unspecified atom stereocenters. The molecule has 0 bridgehead atoms. The molecule has 0 aliphatic carbocycles. The molecule has 1 aromatic carbocycles. The maximum Gasteiger partial charge on any atom is 0.307 e. The summed E-state index contributed by atoms with van der Waals surface area (Å²) in [5, 5.41) is 2.74. The summed E-state index contributed by atoms with van der Waals surface area (Å²) in [5.41, 5.74) is 0.274. The highest BCUT2D eigenvalue weighted by atomic mass is 32.2. The number of rotatable bonds is 8. The van der Waals surface area contributed by atoms with Crippen LogP contribution >= 0.6 is 11.8 Å². The molecule has 0 radical (unpaired) electrons. The van der Waals surface area contributed by atoms with E-state index < -0.39 is 10.0 Å². The summed E-state index contributed by atoms with van der Waals surface area (Å²) in [5.74, 6) is 1.33. The Bertz CT molecular complexity index is 844. The molecule has 0 spiro atoms. The van der Waals surface area contributed by atoms with Gasteiger partial charge in [0, 0.05) is 38.2 Å². The highest BCUT2D eigenvalue weighted by molar-refractivity contribution is 7.99. The van der Waals surface area contributed by atoms with Gasteiger partial charge in [-0.1, -0.05) is 0 Å². The highest BCUT2D eigenvalue weighted by Crippen LogP contribution is 2.28. The SMILES string of the molecule is COC(=O)CC1CSCCN1CC(=O)Nc1cc(S(=O)(=O)N(C)C)ccc1OC. The number of sulfonamides is 1. The van der Waals surface area contributed by atoms with Crippen molar-refractivity contribution < 1.29 is 27.5 Å². The molecule has 11 heteroatoms. The molecule has 29 heavy (non-hydrogen) atoms. The van der Waals surface area contributed by atoms with Gasteiger partial charge in [-0.2, -0.15) is 11.8 Å². The van der Waals surface area contributed by atoms with E-state index in [9.17, 15) is 18.0 Å². The Morgan fingerprint density at radius 2 is 2.03 bits per heavy atom. The largest absolute Gasteiger partial charge is 0.495 e. The first-order chi connectivity index (χ1) is 13.7. The quantitative estimate of drug-likeness (QED) is 0.588. The number of hydrogen-bond donors (Lipinski definition) is 1. The molecule has 1 aliphatic heterocycles. The van der Waals surface area contributed by atoms with Gasteiger partial charge in [-0.25, -0.2) is 12.7 Å². The fourth-order valence-electron chi connectivity index (χ4n) is 2.89. The Kier molecular flexibility index (Phi) is 8.32. The van der Waals surface area contributed by atoms with Crippen LogP contribution in [0.1, 0.15) is 6.42 Å². The van der Waals surface area contributed by atoms with Crippen LogP contribution < -0.4 is 10.1 Å². The fraction of sp³-hybridized carbons (Fsp3) is 0.556. The van der Waals surface area contributed by atoms with Gasteiger partial charge in [-0.3, -0.25) is 14.5 Å². The number of nitrogens with zero attached hydrogens (tertiary/aromatic N) is 2. The van der Waals surface area contributed by atoms with Crippen molar-refractivity contribution in [1.29, 1.82) is 0 Å². The predicted molar refractivity (Wildman–Crippen MR) is 112 cm³/mol. The summed E-state index contributed by atoms with van der Waals surface area (Å²) < 4.78 is 35.9. The van der Waals surface area contributed by atoms with Crippen molar-refractivity contribution in [3.8, 4) is 5.75 Å². The van der Waals surface area contributed by atoms with Crippen molar-refractivity contribution in [2.24, 2.45) is 0 Å². The Morgan fingerprint density at radius 3 is 2.66 bits per heavy atom. The molecule has 1 aromatic rings. The maximum atomic E-state index is 12.7. The van der Waals surface area contributed by atoms with Crippen molar-refractivity contribution in [3.05, 3.63) is 18.2 Å². The average molecular weight is 446 g/mol. The van der Waals surface area contributed by atoms with Crippen LogP contribution in [-0.4, -0.2) is 88.5 Å². The van der Waals surface area contributed by atoms with Crippen LogP contribution in [0.25, 0.3) is 0 Å². The summed E-state index contributed by atoms with van der Waals surface area (Å²) in [6, 6.07) is 4.22. The van der Waals surface area contributed by atoms with Crippen LogP contribution in [-0.2, 0) is 24.3 Å². The summed E-state index contributed by atoms with van der Waals surface area (Å²) in [6.07, 6.45) is 0.219. The number of methoxy groups -OCH3 is 2. The van der Waals surface area contributed by atoms with Crippen LogP contribution in [0, 0.1) is 0 Å². The lowest BCUT2D eigenvalue weighted by molar-refractivity contribution is -0.142. The molecule has 1 aliphatic rings. The van der Waals surface area contributed by atoms with Gasteiger partial charge in [0.25, 0.3) is 0 Å². The smallest absolute Gasteiger partial charge is 0.307 e. The van der Waals surface area contributed by atoms with Gasteiger partial charge in [0.05, 0.1) is 37.8 Å². The third kappa shape index (κ3) is 6.08. The van der Waals surface area contributed by atoms with Crippen molar-refractivity contribution in [3.63, 3.8) is 0 Å². The lowest BCUT2D eigenvalue weighted by Gasteiger charge is -2.34. The van der Waals surface area contributed by atoms with Crippen LogP contribution in [0.2, 0.25) is 0 Å². The lowest BCUT2D eigenvalue weighted by Crippen LogP contribution is -2.47. The van der Waals surface area contributed by atoms with Crippen molar-refractivity contribution in [1.82, 2.24) is 9.21 Å². The molecule has 1 saturated heterocycles. The Hall–Kier alpha value is -1.82. The van der Waals surface area contributed by atoms with Crippen molar-refractivity contribution in [2.75, 3.05) is 58.2 Å². The zero-order valence-corrected chi connectivity index (χ0v) is 18.6. The van der Waals surface area contributed by atoms with E-state index in [2.05, 4.69) is 5.32 Å². The van der Waals surface area contributed by atoms with Crippen molar-refractivity contribution in [2.45, 2.75) is 17.4 Å². The van der Waals surface area contributed by atoms with Crippen LogP contribution in [0.4, 0.5) is 5.69 Å². The molecule has 1 atom stereocenters. The Morgan fingerprint density at radius 1 is 1.31 bits per heavy atom. The van der Waals surface area contributed by atoms with E-state index in [1.54, 1.807) is 11.8 Å². The van der Waals surface area contributed by atoms with Gasteiger partial charge in [0.15, 0.2) is 0 Å². The van der Waals surface area contributed by atoms with Crippen LogP contribution in [0.5, 0.6) is 5.75 Å². The average Bonchev–Trinajstić information content (AvgIpc) is 2.69. The monoisotopic (exact) mass is 445 g/mol. The second kappa shape index (κ2) is 10.3. The van der Waals surface area contributed by atoms with E-state index >= 15 is 0 Å². The minimum atomic E-state index is -3.65. The topological polar surface area (TPSA) is 105 Å². The number of hydrogen-bond acceptors (Lipinski definition) is 8. The molecular weight excluding hydrogens is 418 g/mol. The minimum absolute atomic E-state index is 0.0524. The predicted octanol–water partition coefficient (Wildman–Crippen LogP) is 0.865. The zero-order chi connectivity index (χ0) is 21.6. The van der Waals surface area contributed by atoms with Gasteiger partial charge in [-0.15, -0.1) is 0 Å². The number of amides is 1. The fourth-order valence-corrected chi connectivity index (χ4v) is 4.95. The first kappa shape index (κ1) is 23.5. The summed E-state index contributed by atoms with van der Waals surface area (Å²) >= 11 is 1.73. The van der Waals surface area contributed by atoms with Crippen LogP contribution in [0.3, 0.4) is 0 Å². The third-order valence-electron chi connectivity index (χ3n) is 4.55. The highest BCUT2D eigenvalue weighted by Gasteiger charge is 2.27. The second-order valence-corrected chi connectivity index (χ2v) is 9.98. The number of thioether (sulfide) groups is 1. The number of ether oxygens (including phenoxy) is 2. The van der Waals surface area contributed by atoms with Gasteiger partial charge >= 0.3 is 5.97 Å². The van der Waals surface area contributed by atoms with E-state index in [1.165, 1.54) is 46.5 Å². The molecule has 1 N–H and O–H groups in total. The molecule has 1 fully saturated rings. The molecule has 0 saturated carbocycles. The number of carbonyl (C=O) groups excluding carboxylic acids is 2. The van der Waals surface area contributed by atoms with Gasteiger partial charge in [0.2, 0.25) is 15.9 Å². The van der Waals surface area contributed by atoms with Crippen molar-refractivity contribution >= 4 is 39.3 Å². The Labute approximate surface area is 175 Å². The summed E-state index contributed by atoms with van der Waals surface area (Å²) in [6.45, 7) is 0.752. The zero-order valence-electron chi connectivity index (χ0n) is 17.0. The minimum Gasteiger partial charge on any atom is -0.495 e. The maximum absolute atomic E-state index is 12.7. The van der Waals surface area contributed by atoms with Gasteiger partial charge < -0.3 is 14.8 Å². The van der Waals surface area contributed by atoms with E-state index in [4.69, 9.17) is 9.47 Å². The van der Waals surface area contributed by atoms with Crippen LogP contribution in [0.15, 0.2) is 23.1 Å². The lowest BCUT2D eigenvalue weighted by atomic mass is 10.2. The molecule has 1 heterocycles. The van der Waals surface area contributed by atoms with E-state index in [0.29, 0.717) is 12.3 Å². The number of nitrogens with one attached hydrogen (secondary N) is 1. The standard InChI is InChI=1S/C18H27N3O6S2/c1-20(2)29(24,25)14-5-6-16(26-3)15(10-14)19-17(22)11-21-7-8-28-12-13(21)9-18(23)27-4/h5-6,10,13H,7-9,11-12H2,1-4H3,(H,19,22). The van der Waals surface area contributed by atoms with Gasteiger partial charge in [0.1, 0.15) is 5.75 Å².